The molecule has 7 heteroatoms. The number of hydrogen-bond donors (Lipinski definition) is 1. The summed E-state index contributed by atoms with van der Waals surface area (Å²) < 4.78 is 20.7. The zero-order valence-corrected chi connectivity index (χ0v) is 15.3. The molecule has 2 aromatic carbocycles. The number of nitrogens with zero attached hydrogens (tertiary/aromatic N) is 3. The smallest absolute Gasteiger partial charge is 0.242 e. The van der Waals surface area contributed by atoms with Gasteiger partial charge in [-0.3, -0.25) is 4.79 Å². The van der Waals surface area contributed by atoms with Crippen molar-refractivity contribution in [1.29, 1.82) is 0 Å². The van der Waals surface area contributed by atoms with Crippen molar-refractivity contribution in [3.63, 3.8) is 0 Å². The molecule has 1 aliphatic heterocycles. The van der Waals surface area contributed by atoms with E-state index in [2.05, 4.69) is 15.6 Å². The molecule has 1 amide bonds. The molecule has 0 atom stereocenters. The van der Waals surface area contributed by atoms with E-state index in [-0.39, 0.29) is 18.3 Å². The van der Waals surface area contributed by atoms with E-state index in [1.165, 1.54) is 16.8 Å². The van der Waals surface area contributed by atoms with Gasteiger partial charge in [0.25, 0.3) is 0 Å². The summed E-state index contributed by atoms with van der Waals surface area (Å²) in [5, 5.41) is 11.3. The molecule has 0 saturated carbocycles. The fourth-order valence-corrected chi connectivity index (χ4v) is 3.56. The normalized spacial score (nSPS) is 15.9. The van der Waals surface area contributed by atoms with E-state index >= 15 is 0 Å². The van der Waals surface area contributed by atoms with E-state index in [0.717, 1.165) is 11.1 Å². The van der Waals surface area contributed by atoms with Crippen LogP contribution < -0.4 is 5.32 Å². The number of rotatable bonds is 5. The molecule has 0 bridgehead atoms. The van der Waals surface area contributed by atoms with Crippen LogP contribution in [0.1, 0.15) is 18.4 Å². The van der Waals surface area contributed by atoms with Crippen LogP contribution in [0.2, 0.25) is 0 Å². The molecule has 1 N–H and O–H groups in total. The highest BCUT2D eigenvalue weighted by Crippen LogP contribution is 2.32. The summed E-state index contributed by atoms with van der Waals surface area (Å²) in [7, 11) is 0. The molecule has 144 valence electrons. The lowest BCUT2D eigenvalue weighted by molar-refractivity contribution is -0.125. The van der Waals surface area contributed by atoms with Crippen LogP contribution in [-0.4, -0.2) is 34.1 Å². The molecule has 4 rings (SSSR count). The van der Waals surface area contributed by atoms with Crippen LogP contribution in [0.15, 0.2) is 60.8 Å². The summed E-state index contributed by atoms with van der Waals surface area (Å²) in [5.41, 5.74) is 1.77. The van der Waals surface area contributed by atoms with Crippen LogP contribution in [0.25, 0.3) is 11.3 Å². The van der Waals surface area contributed by atoms with Gasteiger partial charge >= 0.3 is 0 Å². The topological polar surface area (TPSA) is 69.0 Å². The van der Waals surface area contributed by atoms with Crippen LogP contribution >= 0.6 is 0 Å². The first-order valence-electron chi connectivity index (χ1n) is 9.25. The predicted octanol–water partition coefficient (Wildman–Crippen LogP) is 2.91. The number of carbonyl (C=O) groups is 1. The van der Waals surface area contributed by atoms with Crippen LogP contribution in [-0.2, 0) is 21.6 Å². The second kappa shape index (κ2) is 7.90. The zero-order chi connectivity index (χ0) is 19.4. The molecule has 0 aliphatic carbocycles. The lowest BCUT2D eigenvalue weighted by Gasteiger charge is -2.38. The zero-order valence-electron chi connectivity index (χ0n) is 15.3. The maximum absolute atomic E-state index is 13.8. The van der Waals surface area contributed by atoms with E-state index in [9.17, 15) is 9.18 Å². The molecule has 1 fully saturated rings. The summed E-state index contributed by atoms with van der Waals surface area (Å²) >= 11 is 0. The van der Waals surface area contributed by atoms with E-state index in [4.69, 9.17) is 4.74 Å². The minimum absolute atomic E-state index is 0.0394. The first-order valence-corrected chi connectivity index (χ1v) is 9.25. The van der Waals surface area contributed by atoms with Gasteiger partial charge in [-0.2, -0.15) is 0 Å². The minimum Gasteiger partial charge on any atom is -0.381 e. The van der Waals surface area contributed by atoms with Crippen molar-refractivity contribution in [2.24, 2.45) is 0 Å². The minimum atomic E-state index is -0.639. The summed E-state index contributed by atoms with van der Waals surface area (Å²) in [6.45, 7) is 1.06. The average molecular weight is 380 g/mol. The standard InChI is InChI=1S/C21H21FN4O2/c22-18-8-4-7-17(13-18)21(9-11-28-12-10-21)23-20(27)15-26-14-19(24-25-26)16-5-2-1-3-6-16/h1-8,13-14H,9-12,15H2,(H,23,27). The number of benzene rings is 2. The molecular formula is C21H21FN4O2. The van der Waals surface area contributed by atoms with Crippen LogP contribution in [0, 0.1) is 5.82 Å². The molecule has 0 spiro atoms. The Morgan fingerprint density at radius 1 is 1.14 bits per heavy atom. The third-order valence-electron chi connectivity index (χ3n) is 5.02. The van der Waals surface area contributed by atoms with Crippen molar-refractivity contribution in [3.8, 4) is 11.3 Å². The quantitative estimate of drug-likeness (QED) is 0.739. The Morgan fingerprint density at radius 3 is 2.68 bits per heavy atom. The fourth-order valence-electron chi connectivity index (χ4n) is 3.56. The molecule has 1 saturated heterocycles. The highest BCUT2D eigenvalue weighted by atomic mass is 19.1. The molecule has 0 unspecified atom stereocenters. The summed E-state index contributed by atoms with van der Waals surface area (Å²) in [4.78, 5) is 12.8. The van der Waals surface area contributed by atoms with E-state index in [1.54, 1.807) is 12.3 Å². The molecule has 1 aromatic heterocycles. The molecule has 2 heterocycles. The Labute approximate surface area is 162 Å². The first-order chi connectivity index (χ1) is 13.6. The Morgan fingerprint density at radius 2 is 1.93 bits per heavy atom. The van der Waals surface area contributed by atoms with E-state index in [1.807, 2.05) is 36.4 Å². The predicted molar refractivity (Wildman–Crippen MR) is 102 cm³/mol. The molecule has 28 heavy (non-hydrogen) atoms. The summed E-state index contributed by atoms with van der Waals surface area (Å²) in [5.74, 6) is -0.517. The molecule has 6 nitrogen and oxygen atoms in total. The average Bonchev–Trinajstić information content (AvgIpc) is 3.17. The highest BCUT2D eigenvalue weighted by Gasteiger charge is 2.36. The fraction of sp³-hybridized carbons (Fsp3) is 0.286. The Balaban J connectivity index is 1.50. The van der Waals surface area contributed by atoms with E-state index < -0.39 is 5.54 Å². The first kappa shape index (κ1) is 18.3. The molecule has 3 aromatic rings. The van der Waals surface area contributed by atoms with Gasteiger partial charge in [0.15, 0.2) is 0 Å². The monoisotopic (exact) mass is 380 g/mol. The molecule has 1 aliphatic rings. The number of carbonyl (C=O) groups excluding carboxylic acids is 1. The van der Waals surface area contributed by atoms with Gasteiger partial charge in [0, 0.05) is 18.8 Å². The molecule has 0 radical (unpaired) electrons. The van der Waals surface area contributed by atoms with Crippen molar-refractivity contribution in [2.75, 3.05) is 13.2 Å². The van der Waals surface area contributed by atoms with Gasteiger partial charge in [-0.05, 0) is 30.5 Å². The van der Waals surface area contributed by atoms with Gasteiger partial charge in [-0.1, -0.05) is 47.7 Å². The van der Waals surface area contributed by atoms with Gasteiger partial charge in [0.05, 0.1) is 11.7 Å². The number of hydrogen-bond acceptors (Lipinski definition) is 4. The Hall–Kier alpha value is -3.06. The Kier molecular flexibility index (Phi) is 5.16. The summed E-state index contributed by atoms with van der Waals surface area (Å²) in [6.07, 6.45) is 2.93. The number of halogens is 1. The Bertz CT molecular complexity index is 952. The maximum atomic E-state index is 13.8. The van der Waals surface area contributed by atoms with Gasteiger partial charge in [-0.25, -0.2) is 9.07 Å². The van der Waals surface area contributed by atoms with E-state index in [0.29, 0.717) is 31.7 Å². The highest BCUT2D eigenvalue weighted by molar-refractivity contribution is 5.77. The SMILES string of the molecule is O=C(Cn1cc(-c2ccccc2)nn1)NC1(c2cccc(F)c2)CCOCC1. The number of amides is 1. The maximum Gasteiger partial charge on any atom is 0.242 e. The second-order valence-corrected chi connectivity index (χ2v) is 6.92. The van der Waals surface area contributed by atoms with Crippen molar-refractivity contribution < 1.29 is 13.9 Å². The molecular weight excluding hydrogens is 359 g/mol. The lowest BCUT2D eigenvalue weighted by atomic mass is 9.82. The van der Waals surface area contributed by atoms with Gasteiger partial charge in [0.1, 0.15) is 18.1 Å². The number of aromatic nitrogens is 3. The van der Waals surface area contributed by atoms with Crippen LogP contribution in [0.4, 0.5) is 4.39 Å². The van der Waals surface area contributed by atoms with Gasteiger partial charge in [0.2, 0.25) is 5.91 Å². The van der Waals surface area contributed by atoms with Crippen molar-refractivity contribution in [2.45, 2.75) is 24.9 Å². The second-order valence-electron chi connectivity index (χ2n) is 6.92. The van der Waals surface area contributed by atoms with Crippen LogP contribution in [0.5, 0.6) is 0 Å². The third kappa shape index (κ3) is 3.94. The number of ether oxygens (including phenoxy) is 1. The van der Waals surface area contributed by atoms with Gasteiger partial charge < -0.3 is 10.1 Å². The van der Waals surface area contributed by atoms with Crippen molar-refractivity contribution in [3.05, 3.63) is 72.2 Å². The number of nitrogens with one attached hydrogen (secondary N) is 1. The van der Waals surface area contributed by atoms with Crippen molar-refractivity contribution in [1.82, 2.24) is 20.3 Å². The third-order valence-corrected chi connectivity index (χ3v) is 5.02. The lowest BCUT2D eigenvalue weighted by Crippen LogP contribution is -2.50. The largest absolute Gasteiger partial charge is 0.381 e. The van der Waals surface area contributed by atoms with Crippen LogP contribution in [0.3, 0.4) is 0 Å². The summed E-state index contributed by atoms with van der Waals surface area (Å²) in [6, 6.07) is 16.1. The van der Waals surface area contributed by atoms with Crippen molar-refractivity contribution >= 4 is 5.91 Å². The van der Waals surface area contributed by atoms with Gasteiger partial charge in [-0.15, -0.1) is 5.10 Å².